The standard InChI is InChI=1S/C17H17NO2S.C11H13BNO2.C11H14BrNO.C11H12BrN.C6H10O.C5H4BrN.C4H9.BrH.Li/c1-20-17(19)16-14(8-10-21-16)15-11-18-9-7-13(15)12-5-3-2-4-6-12;14-12-15-11-8-13-7-6-10(11)9-4-2-1-3-5-9;12-10-8-13-7-4-9(10)11(14)5-2-1-3-6-11;12-11-8-13-7-6-10(11)9-4-2-1-3-5-9;7-6-4-2-1-3-5-6;6-5-2-1-3-7-4-5;1-3-4-2;;/h5,7-11H,2-4,6H2,1H3;4,6-8,14H,1-3,5H2;4,7-8,14H,1-3,5-6H2;4,6-8H,1-3,5H2;1-5H2;1-4H;1,3-4H2,2H3;1H;/q;;;;;;-1;;+1. The number of halogens is 4. The Bertz CT molecular complexity index is 2900. The zero-order valence-electron chi connectivity index (χ0n) is 48.6. The third-order valence-electron chi connectivity index (χ3n) is 14.1. The fourth-order valence-electron chi connectivity index (χ4n) is 9.79. The van der Waals surface area contributed by atoms with E-state index in [1.807, 2.05) is 66.6 Å². The number of hydrogen-bond acceptors (Lipinski definition) is 12. The molecule has 439 valence electrons. The predicted octanol–water partition coefficient (Wildman–Crippen LogP) is 15.9. The SMILES string of the molecule is Br.Brc1cccnc1.Brc1cnccc1C1=CCCCC1.COC(=O)c1sccc1-c1cnccc1C1=CCCCC1.O=C1CCCCC1.OC1(c2ccncc2Br)CCCCC1.O[B]Oc1cnccc1C1=CCCCC1.[CH2-]CCC.[Li+]. The smallest absolute Gasteiger partial charge is 0.536 e. The number of esters is 1. The van der Waals surface area contributed by atoms with E-state index in [9.17, 15) is 14.7 Å². The van der Waals surface area contributed by atoms with Crippen molar-refractivity contribution in [1.29, 1.82) is 0 Å². The van der Waals surface area contributed by atoms with Gasteiger partial charge in [-0.2, -0.15) is 6.42 Å². The summed E-state index contributed by atoms with van der Waals surface area (Å²) in [5.41, 5.74) is 9.97. The first kappa shape index (κ1) is 73.4. The molecule has 0 bridgehead atoms. The van der Waals surface area contributed by atoms with Crippen LogP contribution in [-0.2, 0) is 15.1 Å². The van der Waals surface area contributed by atoms with Crippen LogP contribution in [0.1, 0.15) is 193 Å². The molecule has 0 amide bonds. The van der Waals surface area contributed by atoms with E-state index in [0.717, 1.165) is 119 Å². The summed E-state index contributed by atoms with van der Waals surface area (Å²) in [6.07, 6.45) is 51.9. The largest absolute Gasteiger partial charge is 1.00 e. The average Bonchev–Trinajstić information content (AvgIpc) is 4.20. The van der Waals surface area contributed by atoms with Gasteiger partial charge in [0.05, 0.1) is 18.9 Å². The molecule has 83 heavy (non-hydrogen) atoms. The van der Waals surface area contributed by atoms with Crippen molar-refractivity contribution in [3.63, 3.8) is 0 Å². The number of allylic oxidation sites excluding steroid dienone is 6. The van der Waals surface area contributed by atoms with Gasteiger partial charge in [0.25, 0.3) is 0 Å². The molecule has 11 nitrogen and oxygen atoms in total. The van der Waals surface area contributed by atoms with Crippen molar-refractivity contribution in [3.05, 3.63) is 176 Å². The zero-order chi connectivity index (χ0) is 57.9. The van der Waals surface area contributed by atoms with Crippen LogP contribution in [0.2, 0.25) is 0 Å². The van der Waals surface area contributed by atoms with Crippen LogP contribution in [0.4, 0.5) is 0 Å². The first-order valence-electron chi connectivity index (χ1n) is 28.6. The minimum Gasteiger partial charge on any atom is -0.536 e. The van der Waals surface area contributed by atoms with Gasteiger partial charge in [-0.3, -0.25) is 29.7 Å². The van der Waals surface area contributed by atoms with Gasteiger partial charge in [-0.25, -0.2) is 4.79 Å². The van der Waals surface area contributed by atoms with Gasteiger partial charge in [0.15, 0.2) is 0 Å². The third kappa shape index (κ3) is 25.9. The van der Waals surface area contributed by atoms with Crippen LogP contribution < -0.4 is 23.5 Å². The van der Waals surface area contributed by atoms with Crippen LogP contribution in [0.25, 0.3) is 27.8 Å². The van der Waals surface area contributed by atoms with Gasteiger partial charge in [0, 0.05) is 104 Å². The van der Waals surface area contributed by atoms with Crippen LogP contribution in [0.3, 0.4) is 0 Å². The molecule has 2 saturated carbocycles. The minimum absolute atomic E-state index is 0. The van der Waals surface area contributed by atoms with Crippen LogP contribution in [-0.4, -0.2) is 61.6 Å². The number of thiophene rings is 1. The van der Waals surface area contributed by atoms with Crippen molar-refractivity contribution in [2.24, 2.45) is 0 Å². The number of carbonyl (C=O) groups is 2. The molecule has 0 saturated heterocycles. The van der Waals surface area contributed by atoms with Crippen molar-refractivity contribution in [1.82, 2.24) is 24.9 Å². The maximum Gasteiger partial charge on any atom is 1.00 e. The van der Waals surface area contributed by atoms with E-state index in [0.29, 0.717) is 24.1 Å². The summed E-state index contributed by atoms with van der Waals surface area (Å²) in [5, 5.41) is 21.0. The number of aromatic nitrogens is 5. The zero-order valence-corrected chi connectivity index (χ0v) is 55.9. The first-order chi connectivity index (χ1) is 39.5. The van der Waals surface area contributed by atoms with E-state index in [1.165, 1.54) is 117 Å². The van der Waals surface area contributed by atoms with Gasteiger partial charge in [0.1, 0.15) is 16.4 Å². The summed E-state index contributed by atoms with van der Waals surface area (Å²) in [7, 11) is 2.11. The molecule has 11 rings (SSSR count). The van der Waals surface area contributed by atoms with E-state index in [2.05, 4.69) is 111 Å². The Hall–Kier alpha value is -3.89. The Morgan fingerprint density at radius 3 is 1.61 bits per heavy atom. The van der Waals surface area contributed by atoms with Gasteiger partial charge < -0.3 is 26.4 Å². The monoisotopic (exact) mass is 1390 g/mol. The maximum absolute atomic E-state index is 11.9. The Morgan fingerprint density at radius 2 is 1.13 bits per heavy atom. The van der Waals surface area contributed by atoms with E-state index in [1.54, 1.807) is 37.2 Å². The summed E-state index contributed by atoms with van der Waals surface area (Å²) in [6, 6.07) is 13.8. The molecule has 0 unspecified atom stereocenters. The molecule has 0 atom stereocenters. The number of hydrogen-bond donors (Lipinski definition) is 2. The number of rotatable bonds is 9. The topological polar surface area (TPSA) is 158 Å². The minimum atomic E-state index is -0.625. The fourth-order valence-corrected chi connectivity index (χ4v) is 12.0. The Balaban J connectivity index is 0.000000265. The number of nitrogens with zero attached hydrogens (tertiary/aromatic N) is 5. The van der Waals surface area contributed by atoms with E-state index < -0.39 is 5.60 Å². The summed E-state index contributed by atoms with van der Waals surface area (Å²) in [6.45, 7) is 5.72. The Morgan fingerprint density at radius 1 is 0.627 bits per heavy atom. The summed E-state index contributed by atoms with van der Waals surface area (Å²) in [5.74, 6) is 0.798. The van der Waals surface area contributed by atoms with Crippen molar-refractivity contribution >= 4 is 112 Å². The number of methoxy groups -OCH3 is 1. The normalized spacial score (nSPS) is 15.7. The van der Waals surface area contributed by atoms with E-state index >= 15 is 0 Å². The molecule has 2 fully saturated rings. The van der Waals surface area contributed by atoms with Gasteiger partial charge in [-0.05, 0) is 226 Å². The molecule has 5 aliphatic rings. The van der Waals surface area contributed by atoms with Crippen molar-refractivity contribution in [3.8, 4) is 16.9 Å². The maximum atomic E-state index is 11.9. The second-order valence-corrected chi connectivity index (χ2v) is 23.6. The number of carbonyl (C=O) groups excluding carboxylic acids is 2. The molecular weight excluding hydrogens is 1320 g/mol. The van der Waals surface area contributed by atoms with Crippen LogP contribution >= 0.6 is 76.1 Å². The molecule has 6 aromatic heterocycles. The van der Waals surface area contributed by atoms with Crippen molar-refractivity contribution in [2.45, 2.75) is 167 Å². The number of Topliss-reactive ketones (excluding diaryl/α,β-unsaturated/α-hetero) is 1. The number of ketones is 1. The first-order valence-corrected chi connectivity index (χ1v) is 31.8. The van der Waals surface area contributed by atoms with E-state index in [-0.39, 0.29) is 41.8 Å². The Kier molecular flexibility index (Phi) is 37.9. The molecule has 5 aliphatic carbocycles. The summed E-state index contributed by atoms with van der Waals surface area (Å²) < 4.78 is 13.0. The van der Waals surface area contributed by atoms with Crippen LogP contribution in [0.5, 0.6) is 5.75 Å². The quantitative estimate of drug-likeness (QED) is 0.0806. The second-order valence-electron chi connectivity index (χ2n) is 20.0. The molecule has 18 heteroatoms. The van der Waals surface area contributed by atoms with Crippen molar-refractivity contribution < 1.29 is 48.0 Å². The molecular formula is C65H80BBr4LiN5O6S. The summed E-state index contributed by atoms with van der Waals surface area (Å²) in [4.78, 5) is 43.2. The molecule has 1 radical (unpaired) electrons. The third-order valence-corrected chi connectivity index (χ3v) is 16.8. The number of unbranched alkanes of at least 4 members (excludes halogenated alkanes) is 1. The van der Waals surface area contributed by atoms with Gasteiger partial charge in [-0.15, -0.1) is 28.3 Å². The van der Waals surface area contributed by atoms with Crippen LogP contribution in [0, 0.1) is 6.92 Å². The predicted molar refractivity (Wildman–Crippen MR) is 353 cm³/mol. The Labute approximate surface area is 546 Å². The number of ether oxygens (including phenoxy) is 1. The molecule has 6 aromatic rings. The van der Waals surface area contributed by atoms with Crippen LogP contribution in [0.15, 0.2) is 141 Å². The number of pyridine rings is 5. The van der Waals surface area contributed by atoms with Gasteiger partial charge >= 0.3 is 32.5 Å². The molecule has 6 heterocycles. The molecule has 0 aliphatic heterocycles. The number of aliphatic hydroxyl groups is 1. The van der Waals surface area contributed by atoms with E-state index in [4.69, 9.17) is 14.4 Å². The molecule has 2 N–H and O–H groups in total. The average molecular weight is 1400 g/mol. The fraction of sp³-hybridized carbons (Fsp3) is 0.415. The van der Waals surface area contributed by atoms with Gasteiger partial charge in [-0.1, -0.05) is 57.3 Å². The van der Waals surface area contributed by atoms with Crippen molar-refractivity contribution in [2.75, 3.05) is 7.11 Å². The molecule has 0 spiro atoms. The second kappa shape index (κ2) is 42.9. The summed E-state index contributed by atoms with van der Waals surface area (Å²) >= 11 is 11.6. The van der Waals surface area contributed by atoms with Gasteiger partial charge in [0.2, 0.25) is 0 Å². The molecule has 0 aromatic carbocycles.